The lowest BCUT2D eigenvalue weighted by molar-refractivity contribution is 0.00933. The summed E-state index contributed by atoms with van der Waals surface area (Å²) in [6.07, 6.45) is -0.392. The predicted molar refractivity (Wildman–Crippen MR) is 124 cm³/mol. The molecule has 168 valence electrons. The number of benzene rings is 2. The molecule has 0 amide bonds. The van der Waals surface area contributed by atoms with Gasteiger partial charge in [-0.3, -0.25) is 0 Å². The molecule has 0 aliphatic carbocycles. The van der Waals surface area contributed by atoms with Gasteiger partial charge in [-0.1, -0.05) is 35.9 Å². The van der Waals surface area contributed by atoms with Crippen LogP contribution in [0.4, 0.5) is 11.8 Å². The molecular formula is C23H25ClN4O4. The smallest absolute Gasteiger partial charge is 0.338 e. The van der Waals surface area contributed by atoms with Gasteiger partial charge in [0.2, 0.25) is 5.95 Å². The Balaban J connectivity index is 1.59. The first-order valence-corrected chi connectivity index (χ1v) is 10.4. The number of esters is 1. The third-order valence-electron chi connectivity index (χ3n) is 4.81. The number of halogens is 1. The van der Waals surface area contributed by atoms with Gasteiger partial charge >= 0.3 is 5.97 Å². The van der Waals surface area contributed by atoms with Gasteiger partial charge in [-0.15, -0.1) is 0 Å². The van der Waals surface area contributed by atoms with Crippen molar-refractivity contribution < 1.29 is 19.7 Å². The van der Waals surface area contributed by atoms with Crippen molar-refractivity contribution in [3.63, 3.8) is 0 Å². The molecule has 1 atom stereocenters. The number of hydrogen-bond donors (Lipinski definition) is 4. The van der Waals surface area contributed by atoms with Crippen LogP contribution >= 0.6 is 11.6 Å². The molecule has 3 aromatic rings. The topological polar surface area (TPSA) is 131 Å². The summed E-state index contributed by atoms with van der Waals surface area (Å²) in [5, 5.41) is 21.9. The zero-order valence-corrected chi connectivity index (χ0v) is 18.3. The third kappa shape index (κ3) is 6.16. The standard InChI is InChI=1S/C23H25ClN4O4/c1-14-18(3-2-4-19(14)24)20-11-21(28-23(25)27-20)26-10-9-15-5-7-16(8-6-15)22(31)32-13-17(30)12-29/h2-8,11,17,29-30H,9-10,12-13H2,1H3,(H3,25,26,27,28). The van der Waals surface area contributed by atoms with Crippen molar-refractivity contribution in [2.45, 2.75) is 19.4 Å². The Hall–Kier alpha value is -3.20. The van der Waals surface area contributed by atoms with E-state index in [1.54, 1.807) is 12.1 Å². The largest absolute Gasteiger partial charge is 0.459 e. The molecule has 0 aliphatic rings. The van der Waals surface area contributed by atoms with Gasteiger partial charge in [0.05, 0.1) is 17.9 Å². The molecule has 5 N–H and O–H groups in total. The summed E-state index contributed by atoms with van der Waals surface area (Å²) in [6, 6.07) is 14.4. The minimum absolute atomic E-state index is 0.165. The summed E-state index contributed by atoms with van der Waals surface area (Å²) in [5.74, 6) is 0.218. The van der Waals surface area contributed by atoms with Gasteiger partial charge < -0.3 is 26.0 Å². The van der Waals surface area contributed by atoms with Crippen molar-refractivity contribution in [3.8, 4) is 11.3 Å². The van der Waals surface area contributed by atoms with Crippen LogP contribution < -0.4 is 11.1 Å². The molecule has 0 aliphatic heterocycles. The molecule has 0 fully saturated rings. The molecule has 0 saturated carbocycles. The van der Waals surface area contributed by atoms with E-state index in [1.807, 2.05) is 43.3 Å². The number of carbonyl (C=O) groups is 1. The maximum absolute atomic E-state index is 11.9. The van der Waals surface area contributed by atoms with Crippen LogP contribution in [0.3, 0.4) is 0 Å². The lowest BCUT2D eigenvalue weighted by atomic mass is 10.1. The minimum Gasteiger partial charge on any atom is -0.459 e. The van der Waals surface area contributed by atoms with E-state index in [1.165, 1.54) is 0 Å². The Kier molecular flexibility index (Phi) is 7.99. The molecule has 1 aromatic heterocycles. The molecule has 0 saturated heterocycles. The maximum Gasteiger partial charge on any atom is 0.338 e. The van der Waals surface area contributed by atoms with Crippen LogP contribution in [0, 0.1) is 6.92 Å². The van der Waals surface area contributed by atoms with Gasteiger partial charge in [0.15, 0.2) is 0 Å². The Labute approximate surface area is 191 Å². The van der Waals surface area contributed by atoms with Crippen molar-refractivity contribution in [2.75, 3.05) is 30.8 Å². The van der Waals surface area contributed by atoms with Crippen molar-refractivity contribution in [1.82, 2.24) is 9.97 Å². The Morgan fingerprint density at radius 3 is 2.69 bits per heavy atom. The van der Waals surface area contributed by atoms with E-state index < -0.39 is 18.7 Å². The summed E-state index contributed by atoms with van der Waals surface area (Å²) in [5.41, 5.74) is 9.78. The first-order valence-electron chi connectivity index (χ1n) is 10.1. The molecule has 8 nitrogen and oxygen atoms in total. The first kappa shape index (κ1) is 23.5. The molecule has 1 heterocycles. The number of aliphatic hydroxyl groups is 2. The highest BCUT2D eigenvalue weighted by molar-refractivity contribution is 6.31. The van der Waals surface area contributed by atoms with E-state index >= 15 is 0 Å². The number of rotatable bonds is 9. The monoisotopic (exact) mass is 456 g/mol. The number of nitrogens with zero attached hydrogens (tertiary/aromatic N) is 2. The van der Waals surface area contributed by atoms with Gasteiger partial charge in [-0.25, -0.2) is 9.78 Å². The fourth-order valence-corrected chi connectivity index (χ4v) is 3.20. The number of aromatic nitrogens is 2. The summed E-state index contributed by atoms with van der Waals surface area (Å²) < 4.78 is 4.94. The van der Waals surface area contributed by atoms with E-state index in [-0.39, 0.29) is 12.6 Å². The summed E-state index contributed by atoms with van der Waals surface area (Å²) in [4.78, 5) is 20.5. The average Bonchev–Trinajstić information content (AvgIpc) is 2.79. The van der Waals surface area contributed by atoms with Gasteiger partial charge in [0, 0.05) is 23.2 Å². The van der Waals surface area contributed by atoms with Crippen LogP contribution in [0.1, 0.15) is 21.5 Å². The average molecular weight is 457 g/mol. The second kappa shape index (κ2) is 10.9. The van der Waals surface area contributed by atoms with Crippen molar-refractivity contribution in [2.24, 2.45) is 0 Å². The van der Waals surface area contributed by atoms with Gasteiger partial charge in [-0.2, -0.15) is 4.98 Å². The number of carbonyl (C=O) groups excluding carboxylic acids is 1. The van der Waals surface area contributed by atoms with Crippen LogP contribution in [0.5, 0.6) is 0 Å². The lowest BCUT2D eigenvalue weighted by Gasteiger charge is -2.11. The highest BCUT2D eigenvalue weighted by Gasteiger charge is 2.11. The van der Waals surface area contributed by atoms with E-state index in [9.17, 15) is 9.90 Å². The SMILES string of the molecule is Cc1c(Cl)cccc1-c1cc(NCCc2ccc(C(=O)OCC(O)CO)cc2)nc(N)n1. The summed E-state index contributed by atoms with van der Waals surface area (Å²) in [7, 11) is 0. The zero-order chi connectivity index (χ0) is 23.1. The Bertz CT molecular complexity index is 1080. The molecule has 3 rings (SSSR count). The zero-order valence-electron chi connectivity index (χ0n) is 17.6. The first-order chi connectivity index (χ1) is 15.4. The quantitative estimate of drug-likeness (QED) is 0.361. The van der Waals surface area contributed by atoms with Crippen LogP contribution in [0.25, 0.3) is 11.3 Å². The summed E-state index contributed by atoms with van der Waals surface area (Å²) in [6.45, 7) is 1.81. The fourth-order valence-electron chi connectivity index (χ4n) is 3.03. The predicted octanol–water partition coefficient (Wildman–Crippen LogP) is 2.85. The number of ether oxygens (including phenoxy) is 1. The van der Waals surface area contributed by atoms with Crippen LogP contribution in [-0.4, -0.2) is 52.0 Å². The van der Waals surface area contributed by atoms with E-state index in [4.69, 9.17) is 27.2 Å². The lowest BCUT2D eigenvalue weighted by Crippen LogP contribution is -2.21. The number of anilines is 2. The van der Waals surface area contributed by atoms with E-state index in [0.717, 1.165) is 16.7 Å². The molecule has 0 radical (unpaired) electrons. The van der Waals surface area contributed by atoms with Gasteiger partial charge in [-0.05, 0) is 42.7 Å². The van der Waals surface area contributed by atoms with E-state index in [0.29, 0.717) is 35.1 Å². The Morgan fingerprint density at radius 1 is 1.22 bits per heavy atom. The Morgan fingerprint density at radius 2 is 1.97 bits per heavy atom. The molecule has 0 bridgehead atoms. The highest BCUT2D eigenvalue weighted by atomic mass is 35.5. The molecule has 0 spiro atoms. The number of nitrogens with one attached hydrogen (secondary N) is 1. The van der Waals surface area contributed by atoms with Crippen molar-refractivity contribution >= 4 is 29.3 Å². The highest BCUT2D eigenvalue weighted by Crippen LogP contribution is 2.28. The second-order valence-corrected chi connectivity index (χ2v) is 7.62. The third-order valence-corrected chi connectivity index (χ3v) is 5.22. The van der Waals surface area contributed by atoms with Crippen LogP contribution in [0.15, 0.2) is 48.5 Å². The molecule has 1 unspecified atom stereocenters. The van der Waals surface area contributed by atoms with E-state index in [2.05, 4.69) is 15.3 Å². The van der Waals surface area contributed by atoms with Gasteiger partial charge in [0.1, 0.15) is 18.5 Å². The van der Waals surface area contributed by atoms with Crippen molar-refractivity contribution in [1.29, 1.82) is 0 Å². The number of nitrogens with two attached hydrogens (primary N) is 1. The summed E-state index contributed by atoms with van der Waals surface area (Å²) >= 11 is 6.22. The number of aliphatic hydroxyl groups excluding tert-OH is 2. The molecule has 9 heteroatoms. The number of nitrogen functional groups attached to an aromatic ring is 1. The molecule has 2 aromatic carbocycles. The molecular weight excluding hydrogens is 432 g/mol. The van der Waals surface area contributed by atoms with Crippen molar-refractivity contribution in [3.05, 3.63) is 70.2 Å². The van der Waals surface area contributed by atoms with Crippen LogP contribution in [-0.2, 0) is 11.2 Å². The second-order valence-electron chi connectivity index (χ2n) is 7.22. The van der Waals surface area contributed by atoms with Crippen LogP contribution in [0.2, 0.25) is 5.02 Å². The maximum atomic E-state index is 11.9. The normalized spacial score (nSPS) is 11.8. The minimum atomic E-state index is -1.08. The fraction of sp³-hybridized carbons (Fsp3) is 0.261. The van der Waals surface area contributed by atoms with Gasteiger partial charge in [0.25, 0.3) is 0 Å². The number of hydrogen-bond acceptors (Lipinski definition) is 8. The molecule has 32 heavy (non-hydrogen) atoms.